The molecule has 1 fully saturated rings. The van der Waals surface area contributed by atoms with E-state index in [-0.39, 0.29) is 6.04 Å². The average molecular weight is 351 g/mol. The first-order valence-electron chi connectivity index (χ1n) is 5.07. The molecule has 0 saturated carbocycles. The van der Waals surface area contributed by atoms with E-state index in [1.165, 1.54) is 0 Å². The molecule has 2 unspecified atom stereocenters. The Hall–Kier alpha value is -0.0100. The first-order valence-corrected chi connectivity index (χ1v) is 6.65. The molecule has 1 aromatic rings. The lowest BCUT2D eigenvalue weighted by atomic mass is 9.96. The number of ether oxygens (including phenoxy) is 1. The lowest BCUT2D eigenvalue weighted by molar-refractivity contribution is 0.176. The van der Waals surface area contributed by atoms with Gasteiger partial charge in [0.25, 0.3) is 0 Å². The maximum atomic E-state index is 5.61. The molecule has 4 nitrogen and oxygen atoms in total. The number of nitrogens with zero attached hydrogens (tertiary/aromatic N) is 1. The van der Waals surface area contributed by atoms with Crippen molar-refractivity contribution in [2.24, 2.45) is 11.8 Å². The standard InChI is InChI=1S/C10H13Br2N3O/c11-7-3-8(12)10(14-4-7)9(15-13)6-1-2-16-5-6/h3-4,6,9,15H,1-2,5,13H2. The van der Waals surface area contributed by atoms with Gasteiger partial charge in [0.1, 0.15) is 0 Å². The number of hydrogen-bond donors (Lipinski definition) is 2. The first kappa shape index (κ1) is 12.4. The molecule has 6 heteroatoms. The van der Waals surface area contributed by atoms with Crippen molar-refractivity contribution in [3.8, 4) is 0 Å². The Morgan fingerprint density at radius 3 is 2.94 bits per heavy atom. The Bertz CT molecular complexity index is 369. The topological polar surface area (TPSA) is 60.2 Å². The van der Waals surface area contributed by atoms with E-state index in [1.807, 2.05) is 6.07 Å². The van der Waals surface area contributed by atoms with Gasteiger partial charge in [0, 0.05) is 27.7 Å². The minimum absolute atomic E-state index is 0.0324. The number of nitrogens with two attached hydrogens (primary N) is 1. The second-order valence-electron chi connectivity index (χ2n) is 3.79. The fraction of sp³-hybridized carbons (Fsp3) is 0.500. The molecule has 1 aromatic heterocycles. The van der Waals surface area contributed by atoms with Gasteiger partial charge >= 0.3 is 0 Å². The lowest BCUT2D eigenvalue weighted by Gasteiger charge is -2.21. The van der Waals surface area contributed by atoms with E-state index in [1.54, 1.807) is 6.20 Å². The highest BCUT2D eigenvalue weighted by molar-refractivity contribution is 9.11. The molecule has 0 radical (unpaired) electrons. The van der Waals surface area contributed by atoms with Crippen LogP contribution in [0.3, 0.4) is 0 Å². The van der Waals surface area contributed by atoms with E-state index in [9.17, 15) is 0 Å². The van der Waals surface area contributed by atoms with E-state index >= 15 is 0 Å². The Labute approximate surface area is 111 Å². The van der Waals surface area contributed by atoms with E-state index in [4.69, 9.17) is 10.6 Å². The summed E-state index contributed by atoms with van der Waals surface area (Å²) in [5, 5.41) is 0. The molecule has 0 aliphatic carbocycles. The number of pyridine rings is 1. The third-order valence-electron chi connectivity index (χ3n) is 2.75. The summed E-state index contributed by atoms with van der Waals surface area (Å²) >= 11 is 6.89. The predicted octanol–water partition coefficient (Wildman–Crippen LogP) is 2.15. The van der Waals surface area contributed by atoms with Crippen molar-refractivity contribution in [3.63, 3.8) is 0 Å². The Kier molecular flexibility index (Phi) is 4.32. The maximum Gasteiger partial charge on any atom is 0.0732 e. The zero-order chi connectivity index (χ0) is 11.5. The van der Waals surface area contributed by atoms with Gasteiger partial charge in [-0.05, 0) is 44.3 Å². The van der Waals surface area contributed by atoms with Crippen LogP contribution in [0.15, 0.2) is 21.2 Å². The fourth-order valence-electron chi connectivity index (χ4n) is 1.91. The van der Waals surface area contributed by atoms with E-state index in [0.717, 1.165) is 34.3 Å². The SMILES string of the molecule is NNC(c1ncc(Br)cc1Br)C1CCOC1. The summed E-state index contributed by atoms with van der Waals surface area (Å²) in [4.78, 5) is 4.40. The van der Waals surface area contributed by atoms with Gasteiger partial charge in [-0.3, -0.25) is 16.3 Å². The molecular formula is C10H13Br2N3O. The normalized spacial score (nSPS) is 22.3. The van der Waals surface area contributed by atoms with Crippen LogP contribution in [0.25, 0.3) is 0 Å². The van der Waals surface area contributed by atoms with Crippen molar-refractivity contribution in [1.29, 1.82) is 0 Å². The number of hydrazine groups is 1. The summed E-state index contributed by atoms with van der Waals surface area (Å²) in [5.41, 5.74) is 3.76. The predicted molar refractivity (Wildman–Crippen MR) is 68.6 cm³/mol. The van der Waals surface area contributed by atoms with Crippen molar-refractivity contribution in [2.75, 3.05) is 13.2 Å². The van der Waals surface area contributed by atoms with Gasteiger partial charge in [-0.2, -0.15) is 0 Å². The minimum Gasteiger partial charge on any atom is -0.381 e. The van der Waals surface area contributed by atoms with Crippen LogP contribution in [0.1, 0.15) is 18.2 Å². The zero-order valence-electron chi connectivity index (χ0n) is 8.62. The maximum absolute atomic E-state index is 5.61. The minimum atomic E-state index is 0.0324. The van der Waals surface area contributed by atoms with Crippen LogP contribution in [0.5, 0.6) is 0 Å². The molecule has 1 saturated heterocycles. The van der Waals surface area contributed by atoms with Crippen molar-refractivity contribution >= 4 is 31.9 Å². The van der Waals surface area contributed by atoms with Crippen LogP contribution >= 0.6 is 31.9 Å². The van der Waals surface area contributed by atoms with Crippen LogP contribution in [0.4, 0.5) is 0 Å². The number of nitrogens with one attached hydrogen (secondary N) is 1. The number of aromatic nitrogens is 1. The van der Waals surface area contributed by atoms with Gasteiger partial charge in [0.15, 0.2) is 0 Å². The Morgan fingerprint density at radius 2 is 2.38 bits per heavy atom. The molecular weight excluding hydrogens is 338 g/mol. The molecule has 2 heterocycles. The molecule has 0 aromatic carbocycles. The van der Waals surface area contributed by atoms with Crippen molar-refractivity contribution in [3.05, 3.63) is 26.9 Å². The van der Waals surface area contributed by atoms with Gasteiger partial charge < -0.3 is 4.74 Å². The summed E-state index contributed by atoms with van der Waals surface area (Å²) < 4.78 is 7.28. The molecule has 3 N–H and O–H groups in total. The monoisotopic (exact) mass is 349 g/mol. The lowest BCUT2D eigenvalue weighted by Crippen LogP contribution is -2.34. The van der Waals surface area contributed by atoms with Gasteiger partial charge in [-0.1, -0.05) is 0 Å². The van der Waals surface area contributed by atoms with Gasteiger partial charge in [0.2, 0.25) is 0 Å². The van der Waals surface area contributed by atoms with Crippen LogP contribution in [0, 0.1) is 5.92 Å². The second-order valence-corrected chi connectivity index (χ2v) is 5.56. The molecule has 88 valence electrons. The summed E-state index contributed by atoms with van der Waals surface area (Å²) in [5.74, 6) is 6.00. The van der Waals surface area contributed by atoms with Gasteiger partial charge in [-0.25, -0.2) is 0 Å². The van der Waals surface area contributed by atoms with Crippen molar-refractivity contribution in [1.82, 2.24) is 10.4 Å². The molecule has 16 heavy (non-hydrogen) atoms. The third kappa shape index (κ3) is 2.62. The highest BCUT2D eigenvalue weighted by atomic mass is 79.9. The number of rotatable bonds is 3. The van der Waals surface area contributed by atoms with Crippen LogP contribution in [-0.4, -0.2) is 18.2 Å². The highest BCUT2D eigenvalue weighted by Gasteiger charge is 2.28. The van der Waals surface area contributed by atoms with Gasteiger partial charge in [0.05, 0.1) is 18.3 Å². The smallest absolute Gasteiger partial charge is 0.0732 e. The highest BCUT2D eigenvalue weighted by Crippen LogP contribution is 2.32. The van der Waals surface area contributed by atoms with E-state index < -0.39 is 0 Å². The largest absolute Gasteiger partial charge is 0.381 e. The summed E-state index contributed by atoms with van der Waals surface area (Å²) in [6.45, 7) is 1.54. The fourth-order valence-corrected chi connectivity index (χ4v) is 3.14. The van der Waals surface area contributed by atoms with Crippen LogP contribution in [-0.2, 0) is 4.74 Å². The summed E-state index contributed by atoms with van der Waals surface area (Å²) in [6, 6.07) is 2.01. The molecule has 2 atom stereocenters. The second kappa shape index (κ2) is 5.55. The summed E-state index contributed by atoms with van der Waals surface area (Å²) in [7, 11) is 0. The van der Waals surface area contributed by atoms with Crippen molar-refractivity contribution in [2.45, 2.75) is 12.5 Å². The van der Waals surface area contributed by atoms with E-state index in [2.05, 4.69) is 42.3 Å². The molecule has 1 aliphatic rings. The number of halogens is 2. The molecule has 1 aliphatic heterocycles. The Morgan fingerprint density at radius 1 is 1.56 bits per heavy atom. The van der Waals surface area contributed by atoms with Crippen LogP contribution in [0.2, 0.25) is 0 Å². The molecule has 0 amide bonds. The van der Waals surface area contributed by atoms with E-state index in [0.29, 0.717) is 5.92 Å². The number of hydrogen-bond acceptors (Lipinski definition) is 4. The molecule has 0 bridgehead atoms. The molecule has 2 rings (SSSR count). The van der Waals surface area contributed by atoms with Gasteiger partial charge in [-0.15, -0.1) is 0 Å². The zero-order valence-corrected chi connectivity index (χ0v) is 11.8. The summed E-state index contributed by atoms with van der Waals surface area (Å²) in [6.07, 6.45) is 2.79. The average Bonchev–Trinajstić information content (AvgIpc) is 2.75. The molecule has 0 spiro atoms. The van der Waals surface area contributed by atoms with Crippen molar-refractivity contribution < 1.29 is 4.74 Å². The quantitative estimate of drug-likeness (QED) is 0.647. The first-order chi connectivity index (χ1) is 7.72. The van der Waals surface area contributed by atoms with Crippen LogP contribution < -0.4 is 11.3 Å². The third-order valence-corrected chi connectivity index (χ3v) is 3.82. The Balaban J connectivity index is 2.25.